The van der Waals surface area contributed by atoms with Gasteiger partial charge in [-0.25, -0.2) is 8.42 Å². The molecule has 2 fully saturated rings. The van der Waals surface area contributed by atoms with E-state index in [1.54, 1.807) is 12.1 Å². The van der Waals surface area contributed by atoms with Crippen LogP contribution in [0.15, 0.2) is 23.1 Å². The van der Waals surface area contributed by atoms with Gasteiger partial charge < -0.3 is 9.64 Å². The van der Waals surface area contributed by atoms with E-state index >= 15 is 0 Å². The Labute approximate surface area is 162 Å². The molecule has 0 N–H and O–H groups in total. The predicted octanol–water partition coefficient (Wildman–Crippen LogP) is 2.99. The van der Waals surface area contributed by atoms with Gasteiger partial charge in [0.05, 0.1) is 17.6 Å². The molecule has 2 aliphatic rings. The Morgan fingerprint density at radius 2 is 1.78 bits per heavy atom. The molecule has 2 heterocycles. The van der Waals surface area contributed by atoms with Gasteiger partial charge >= 0.3 is 0 Å². The Morgan fingerprint density at radius 3 is 2.41 bits per heavy atom. The summed E-state index contributed by atoms with van der Waals surface area (Å²) in [6, 6.07) is 4.63. The smallest absolute Gasteiger partial charge is 0.257 e. The van der Waals surface area contributed by atoms with Crippen LogP contribution in [0.2, 0.25) is 0 Å². The van der Waals surface area contributed by atoms with Crippen molar-refractivity contribution in [1.82, 2.24) is 9.21 Å². The highest BCUT2D eigenvalue weighted by Crippen LogP contribution is 2.29. The molecular formula is C20H30N2O4S. The molecule has 2 aliphatic heterocycles. The van der Waals surface area contributed by atoms with Crippen LogP contribution in [0.4, 0.5) is 0 Å². The van der Waals surface area contributed by atoms with E-state index in [9.17, 15) is 13.2 Å². The van der Waals surface area contributed by atoms with Crippen molar-refractivity contribution in [2.45, 2.75) is 44.4 Å². The Morgan fingerprint density at radius 1 is 1.07 bits per heavy atom. The van der Waals surface area contributed by atoms with E-state index in [2.05, 4.69) is 13.8 Å². The van der Waals surface area contributed by atoms with Crippen LogP contribution in [0.1, 0.15) is 49.9 Å². The molecule has 150 valence electrons. The molecule has 0 spiro atoms. The molecule has 3 rings (SSSR count). The standard InChI is InChI=1S/C20H30N2O4S/c1-15-8-11-22(12-9-15)27(24,25)17-6-7-19(26-3)18(13-17)20(23)21-10-4-5-16(2)14-21/h6-7,13,15-16H,4-5,8-12,14H2,1-3H3. The second-order valence-corrected chi connectivity index (χ2v) is 9.89. The molecule has 0 radical (unpaired) electrons. The molecule has 0 bridgehead atoms. The van der Waals surface area contributed by atoms with Crippen molar-refractivity contribution in [3.63, 3.8) is 0 Å². The Hall–Kier alpha value is -1.60. The lowest BCUT2D eigenvalue weighted by Crippen LogP contribution is -2.40. The maximum atomic E-state index is 13.1. The SMILES string of the molecule is COc1ccc(S(=O)(=O)N2CCC(C)CC2)cc1C(=O)N1CCCC(C)C1. The van der Waals surface area contributed by atoms with Gasteiger partial charge in [0.2, 0.25) is 10.0 Å². The summed E-state index contributed by atoms with van der Waals surface area (Å²) in [7, 11) is -2.10. The fourth-order valence-electron chi connectivity index (χ4n) is 3.93. The van der Waals surface area contributed by atoms with Gasteiger partial charge in [-0.2, -0.15) is 4.31 Å². The number of hydrogen-bond acceptors (Lipinski definition) is 4. The largest absolute Gasteiger partial charge is 0.496 e. The first kappa shape index (κ1) is 20.1. The third-order valence-corrected chi connectivity index (χ3v) is 7.62. The lowest BCUT2D eigenvalue weighted by atomic mass is 9.99. The molecular weight excluding hydrogens is 364 g/mol. The van der Waals surface area contributed by atoms with Crippen molar-refractivity contribution in [3.8, 4) is 5.75 Å². The zero-order valence-corrected chi connectivity index (χ0v) is 17.3. The van der Waals surface area contributed by atoms with Crippen molar-refractivity contribution in [1.29, 1.82) is 0 Å². The van der Waals surface area contributed by atoms with Crippen molar-refractivity contribution in [2.24, 2.45) is 11.8 Å². The summed E-state index contributed by atoms with van der Waals surface area (Å²) in [6.45, 7) is 6.74. The maximum Gasteiger partial charge on any atom is 0.257 e. The van der Waals surface area contributed by atoms with Crippen molar-refractivity contribution < 1.29 is 17.9 Å². The summed E-state index contributed by atoms with van der Waals surface area (Å²) in [5.41, 5.74) is 0.332. The van der Waals surface area contributed by atoms with E-state index in [0.717, 1.165) is 25.7 Å². The summed E-state index contributed by atoms with van der Waals surface area (Å²) >= 11 is 0. The summed E-state index contributed by atoms with van der Waals surface area (Å²) < 4.78 is 33.0. The molecule has 0 aromatic heterocycles. The number of likely N-dealkylation sites (tertiary alicyclic amines) is 1. The minimum atomic E-state index is -3.60. The minimum absolute atomic E-state index is 0.150. The molecule has 0 aliphatic carbocycles. The maximum absolute atomic E-state index is 13.1. The van der Waals surface area contributed by atoms with Crippen molar-refractivity contribution in [3.05, 3.63) is 23.8 Å². The quantitative estimate of drug-likeness (QED) is 0.787. The van der Waals surface area contributed by atoms with Gasteiger partial charge in [-0.15, -0.1) is 0 Å². The van der Waals surface area contributed by atoms with Gasteiger partial charge in [0.25, 0.3) is 5.91 Å². The highest BCUT2D eigenvalue weighted by molar-refractivity contribution is 7.89. The van der Waals surface area contributed by atoms with Crippen molar-refractivity contribution >= 4 is 15.9 Å². The van der Waals surface area contributed by atoms with Gasteiger partial charge in [-0.05, 0) is 55.7 Å². The molecule has 6 nitrogen and oxygen atoms in total. The summed E-state index contributed by atoms with van der Waals surface area (Å²) in [5.74, 6) is 1.27. The van der Waals surface area contributed by atoms with E-state index in [-0.39, 0.29) is 10.8 Å². The van der Waals surface area contributed by atoms with Crippen LogP contribution in [0.25, 0.3) is 0 Å². The van der Waals surface area contributed by atoms with Gasteiger partial charge in [0.15, 0.2) is 0 Å². The van der Waals surface area contributed by atoms with E-state index in [0.29, 0.717) is 49.3 Å². The van der Waals surface area contributed by atoms with E-state index in [1.165, 1.54) is 17.5 Å². The van der Waals surface area contributed by atoms with Gasteiger partial charge in [0.1, 0.15) is 5.75 Å². The number of benzene rings is 1. The second-order valence-electron chi connectivity index (χ2n) is 7.95. The minimum Gasteiger partial charge on any atom is -0.496 e. The Kier molecular flexibility index (Phi) is 6.11. The van der Waals surface area contributed by atoms with Crippen LogP contribution in [-0.4, -0.2) is 56.8 Å². The number of amides is 1. The summed E-state index contributed by atoms with van der Waals surface area (Å²) in [6.07, 6.45) is 3.82. The highest BCUT2D eigenvalue weighted by Gasteiger charge is 2.30. The van der Waals surface area contributed by atoms with Crippen LogP contribution in [0, 0.1) is 11.8 Å². The summed E-state index contributed by atoms with van der Waals surface area (Å²) in [4.78, 5) is 15.0. The van der Waals surface area contributed by atoms with E-state index < -0.39 is 10.0 Å². The second kappa shape index (κ2) is 8.19. The number of rotatable bonds is 4. The molecule has 1 aromatic carbocycles. The lowest BCUT2D eigenvalue weighted by molar-refractivity contribution is 0.0679. The topological polar surface area (TPSA) is 66.9 Å². The first-order valence-corrected chi connectivity index (χ1v) is 11.2. The zero-order chi connectivity index (χ0) is 19.6. The summed E-state index contributed by atoms with van der Waals surface area (Å²) in [5, 5.41) is 0. The van der Waals surface area contributed by atoms with E-state index in [4.69, 9.17) is 4.74 Å². The van der Waals surface area contributed by atoms with Gasteiger partial charge in [-0.3, -0.25) is 4.79 Å². The highest BCUT2D eigenvalue weighted by atomic mass is 32.2. The van der Waals surface area contributed by atoms with Crippen molar-refractivity contribution in [2.75, 3.05) is 33.3 Å². The average molecular weight is 395 g/mol. The molecule has 1 unspecified atom stereocenters. The number of carbonyl (C=O) groups excluding carboxylic acids is 1. The molecule has 2 saturated heterocycles. The average Bonchev–Trinajstić information content (AvgIpc) is 2.67. The molecule has 1 aromatic rings. The number of piperidine rings is 2. The first-order valence-electron chi connectivity index (χ1n) is 9.80. The number of ether oxygens (including phenoxy) is 1. The Bertz CT molecular complexity index is 785. The number of hydrogen-bond donors (Lipinski definition) is 0. The van der Waals surface area contributed by atoms with Gasteiger partial charge in [-0.1, -0.05) is 13.8 Å². The number of nitrogens with zero attached hydrogens (tertiary/aromatic N) is 2. The van der Waals surface area contributed by atoms with Crippen LogP contribution in [0.3, 0.4) is 0 Å². The Balaban J connectivity index is 1.90. The predicted molar refractivity (Wildman–Crippen MR) is 104 cm³/mol. The van der Waals surface area contributed by atoms with Crippen LogP contribution in [0.5, 0.6) is 5.75 Å². The lowest BCUT2D eigenvalue weighted by Gasteiger charge is -2.32. The number of carbonyl (C=O) groups is 1. The van der Waals surface area contributed by atoms with E-state index in [1.807, 2.05) is 4.90 Å². The molecule has 7 heteroatoms. The van der Waals surface area contributed by atoms with Crippen LogP contribution in [-0.2, 0) is 10.0 Å². The van der Waals surface area contributed by atoms with Crippen LogP contribution >= 0.6 is 0 Å². The molecule has 0 saturated carbocycles. The molecule has 1 atom stereocenters. The normalized spacial score (nSPS) is 22.6. The number of sulfonamides is 1. The monoisotopic (exact) mass is 394 g/mol. The third-order valence-electron chi connectivity index (χ3n) is 5.73. The first-order chi connectivity index (χ1) is 12.8. The van der Waals surface area contributed by atoms with Gasteiger partial charge in [0, 0.05) is 26.2 Å². The molecule has 1 amide bonds. The third kappa shape index (κ3) is 4.29. The zero-order valence-electron chi connectivity index (χ0n) is 16.5. The fraction of sp³-hybridized carbons (Fsp3) is 0.650. The number of methoxy groups -OCH3 is 1. The van der Waals surface area contributed by atoms with Crippen LogP contribution < -0.4 is 4.74 Å². The molecule has 27 heavy (non-hydrogen) atoms. The fourth-order valence-corrected chi connectivity index (χ4v) is 5.43.